The van der Waals surface area contributed by atoms with E-state index in [4.69, 9.17) is 16.3 Å². The maximum absolute atomic E-state index is 5.81. The molecule has 7 heteroatoms. The van der Waals surface area contributed by atoms with E-state index in [0.29, 0.717) is 11.6 Å². The van der Waals surface area contributed by atoms with Gasteiger partial charge in [-0.25, -0.2) is 15.0 Å². The first-order chi connectivity index (χ1) is 6.83. The zero-order valence-electron chi connectivity index (χ0n) is 7.25. The largest absolute Gasteiger partial charge is 0.490 e. The Hall–Kier alpha value is -1.69. The monoisotopic (exact) mass is 211 g/mol. The molecule has 72 valence electrons. The first-order valence-electron chi connectivity index (χ1n) is 3.72. The summed E-state index contributed by atoms with van der Waals surface area (Å²) in [6, 6.07) is 0. The molecule has 0 N–H and O–H groups in total. The molecular formula is C7H6ClN5O. The summed E-state index contributed by atoms with van der Waals surface area (Å²) in [5.74, 6) is 0.838. The zero-order valence-corrected chi connectivity index (χ0v) is 8.01. The average molecular weight is 212 g/mol. The van der Waals surface area contributed by atoms with E-state index in [1.807, 2.05) is 0 Å². The summed E-state index contributed by atoms with van der Waals surface area (Å²) in [4.78, 5) is 11.6. The summed E-state index contributed by atoms with van der Waals surface area (Å²) >= 11 is 5.81. The van der Waals surface area contributed by atoms with Crippen molar-refractivity contribution in [3.05, 3.63) is 24.1 Å². The Bertz CT molecular complexity index is 430. The molecule has 0 spiro atoms. The van der Waals surface area contributed by atoms with Gasteiger partial charge in [-0.15, -0.1) is 0 Å². The molecule has 0 amide bonds. The molecule has 2 rings (SSSR count). The number of rotatable bonds is 2. The summed E-state index contributed by atoms with van der Waals surface area (Å²) in [6.45, 7) is 0. The predicted octanol–water partition coefficient (Wildman–Crippen LogP) is 0.719. The number of aromatic nitrogens is 5. The fourth-order valence-corrected chi connectivity index (χ4v) is 1.21. The van der Waals surface area contributed by atoms with Crippen LogP contribution in [0.25, 0.3) is 5.82 Å². The Labute approximate surface area is 84.5 Å². The standard InChI is InChI=1S/C7H6ClN5O/c1-14-5-6(8)10-3-11-7(5)13-4-9-2-12-13/h2-4H,1H3. The topological polar surface area (TPSA) is 65.7 Å². The van der Waals surface area contributed by atoms with Crippen molar-refractivity contribution in [1.29, 1.82) is 0 Å². The van der Waals surface area contributed by atoms with Gasteiger partial charge >= 0.3 is 0 Å². The maximum Gasteiger partial charge on any atom is 0.202 e. The Morgan fingerprint density at radius 3 is 2.86 bits per heavy atom. The minimum absolute atomic E-state index is 0.244. The lowest BCUT2D eigenvalue weighted by molar-refractivity contribution is 0.407. The van der Waals surface area contributed by atoms with Crippen LogP contribution in [0.4, 0.5) is 0 Å². The highest BCUT2D eigenvalue weighted by Crippen LogP contribution is 2.26. The fourth-order valence-electron chi connectivity index (χ4n) is 1.00. The molecule has 14 heavy (non-hydrogen) atoms. The molecule has 0 aromatic carbocycles. The molecule has 0 bridgehead atoms. The molecule has 0 aliphatic rings. The number of nitrogens with zero attached hydrogens (tertiary/aromatic N) is 5. The predicted molar refractivity (Wildman–Crippen MR) is 48.5 cm³/mol. The van der Waals surface area contributed by atoms with E-state index in [1.54, 1.807) is 0 Å². The van der Waals surface area contributed by atoms with Crippen LogP contribution >= 0.6 is 11.6 Å². The highest BCUT2D eigenvalue weighted by atomic mass is 35.5. The van der Waals surface area contributed by atoms with E-state index >= 15 is 0 Å². The number of methoxy groups -OCH3 is 1. The van der Waals surface area contributed by atoms with Crippen LogP contribution < -0.4 is 4.74 Å². The van der Waals surface area contributed by atoms with Gasteiger partial charge < -0.3 is 4.74 Å². The molecule has 2 aromatic rings. The van der Waals surface area contributed by atoms with Gasteiger partial charge in [0.25, 0.3) is 0 Å². The maximum atomic E-state index is 5.81. The van der Waals surface area contributed by atoms with Gasteiger partial charge in [0.05, 0.1) is 7.11 Å². The summed E-state index contributed by atoms with van der Waals surface area (Å²) in [6.07, 6.45) is 4.23. The summed E-state index contributed by atoms with van der Waals surface area (Å²) in [5.41, 5.74) is 0. The van der Waals surface area contributed by atoms with Crippen molar-refractivity contribution >= 4 is 11.6 Å². The second-order valence-corrected chi connectivity index (χ2v) is 2.72. The number of ether oxygens (including phenoxy) is 1. The molecule has 0 saturated carbocycles. The molecular weight excluding hydrogens is 206 g/mol. The van der Waals surface area contributed by atoms with Gasteiger partial charge in [-0.05, 0) is 0 Å². The molecule has 0 saturated heterocycles. The van der Waals surface area contributed by atoms with E-state index in [-0.39, 0.29) is 5.15 Å². The van der Waals surface area contributed by atoms with Gasteiger partial charge in [0.2, 0.25) is 11.6 Å². The van der Waals surface area contributed by atoms with Crippen molar-refractivity contribution in [1.82, 2.24) is 24.7 Å². The van der Waals surface area contributed by atoms with Crippen molar-refractivity contribution in [2.75, 3.05) is 7.11 Å². The Morgan fingerprint density at radius 2 is 2.21 bits per heavy atom. The summed E-state index contributed by atoms with van der Waals surface area (Å²) in [5, 5.41) is 4.16. The second-order valence-electron chi connectivity index (χ2n) is 2.36. The third-order valence-electron chi connectivity index (χ3n) is 1.58. The lowest BCUT2D eigenvalue weighted by Gasteiger charge is -2.06. The van der Waals surface area contributed by atoms with Gasteiger partial charge in [0, 0.05) is 0 Å². The molecule has 0 unspecified atom stereocenters. The summed E-state index contributed by atoms with van der Waals surface area (Å²) in [7, 11) is 1.49. The van der Waals surface area contributed by atoms with Crippen LogP contribution in [-0.2, 0) is 0 Å². The van der Waals surface area contributed by atoms with Crippen LogP contribution in [0.2, 0.25) is 5.15 Å². The van der Waals surface area contributed by atoms with Crippen LogP contribution in [0.5, 0.6) is 5.75 Å². The molecule has 2 heterocycles. The van der Waals surface area contributed by atoms with E-state index in [0.717, 1.165) is 0 Å². The highest BCUT2D eigenvalue weighted by Gasteiger charge is 2.11. The molecule has 0 aliphatic carbocycles. The second kappa shape index (κ2) is 3.59. The van der Waals surface area contributed by atoms with Gasteiger partial charge in [-0.3, -0.25) is 0 Å². The smallest absolute Gasteiger partial charge is 0.202 e. The van der Waals surface area contributed by atoms with Crippen LogP contribution in [0, 0.1) is 0 Å². The molecule has 0 fully saturated rings. The quantitative estimate of drug-likeness (QED) is 0.685. The van der Waals surface area contributed by atoms with Crippen LogP contribution in [-0.4, -0.2) is 31.8 Å². The minimum Gasteiger partial charge on any atom is -0.490 e. The van der Waals surface area contributed by atoms with Crippen molar-refractivity contribution in [2.24, 2.45) is 0 Å². The summed E-state index contributed by atoms with van der Waals surface area (Å²) < 4.78 is 6.51. The van der Waals surface area contributed by atoms with E-state index < -0.39 is 0 Å². The van der Waals surface area contributed by atoms with Gasteiger partial charge in [-0.1, -0.05) is 11.6 Å². The lowest BCUT2D eigenvalue weighted by atomic mass is 10.5. The Balaban J connectivity index is 2.58. The van der Waals surface area contributed by atoms with Gasteiger partial charge in [0.1, 0.15) is 19.0 Å². The normalized spacial score (nSPS) is 10.1. The minimum atomic E-state index is 0.244. The first-order valence-corrected chi connectivity index (χ1v) is 4.10. The molecule has 0 radical (unpaired) electrons. The average Bonchev–Trinajstić information content (AvgIpc) is 2.70. The lowest BCUT2D eigenvalue weighted by Crippen LogP contribution is -2.02. The van der Waals surface area contributed by atoms with Crippen molar-refractivity contribution < 1.29 is 4.74 Å². The van der Waals surface area contributed by atoms with Crippen molar-refractivity contribution in [3.63, 3.8) is 0 Å². The van der Waals surface area contributed by atoms with Gasteiger partial charge in [0.15, 0.2) is 5.15 Å². The number of hydrogen-bond donors (Lipinski definition) is 0. The zero-order chi connectivity index (χ0) is 9.97. The number of hydrogen-bond acceptors (Lipinski definition) is 5. The van der Waals surface area contributed by atoms with Crippen molar-refractivity contribution in [2.45, 2.75) is 0 Å². The van der Waals surface area contributed by atoms with Crippen LogP contribution in [0.1, 0.15) is 0 Å². The molecule has 0 aliphatic heterocycles. The first kappa shape index (κ1) is 8.89. The molecule has 6 nitrogen and oxygen atoms in total. The third kappa shape index (κ3) is 1.39. The van der Waals surface area contributed by atoms with Crippen LogP contribution in [0.15, 0.2) is 19.0 Å². The highest BCUT2D eigenvalue weighted by molar-refractivity contribution is 6.31. The molecule has 2 aromatic heterocycles. The Kier molecular flexibility index (Phi) is 2.28. The Morgan fingerprint density at radius 1 is 1.36 bits per heavy atom. The number of halogens is 1. The van der Waals surface area contributed by atoms with Gasteiger partial charge in [-0.2, -0.15) is 9.78 Å². The van der Waals surface area contributed by atoms with Crippen LogP contribution in [0.3, 0.4) is 0 Å². The van der Waals surface area contributed by atoms with E-state index in [1.165, 1.54) is 30.8 Å². The van der Waals surface area contributed by atoms with E-state index in [9.17, 15) is 0 Å². The van der Waals surface area contributed by atoms with Crippen molar-refractivity contribution in [3.8, 4) is 11.6 Å². The fraction of sp³-hybridized carbons (Fsp3) is 0.143. The third-order valence-corrected chi connectivity index (χ3v) is 1.85. The molecule has 0 atom stereocenters. The van der Waals surface area contributed by atoms with E-state index in [2.05, 4.69) is 20.1 Å². The SMILES string of the molecule is COc1c(Cl)ncnc1-n1cncn1.